The summed E-state index contributed by atoms with van der Waals surface area (Å²) in [7, 11) is 1.55. The highest BCUT2D eigenvalue weighted by Crippen LogP contribution is 2.32. The van der Waals surface area contributed by atoms with Crippen molar-refractivity contribution in [1.82, 2.24) is 15.0 Å². The lowest BCUT2D eigenvalue weighted by Crippen LogP contribution is -2.29. The highest BCUT2D eigenvalue weighted by Gasteiger charge is 2.25. The highest BCUT2D eigenvalue weighted by atomic mass is 19.1. The zero-order chi connectivity index (χ0) is 21.5. The van der Waals surface area contributed by atoms with Crippen LogP contribution < -0.4 is 9.47 Å². The average Bonchev–Trinajstić information content (AvgIpc) is 2.73. The first kappa shape index (κ1) is 22.1. The van der Waals surface area contributed by atoms with E-state index in [2.05, 4.69) is 15.0 Å². The summed E-state index contributed by atoms with van der Waals surface area (Å²) in [5.41, 5.74) is 0.621. The monoisotopic (exact) mass is 417 g/mol. The maximum atomic E-state index is 13.0. The summed E-state index contributed by atoms with van der Waals surface area (Å²) >= 11 is 0. The topological polar surface area (TPSA) is 83.4 Å². The molecule has 7 nitrogen and oxygen atoms in total. The number of hydrogen-bond donors (Lipinski definition) is 0. The number of nitrogens with zero attached hydrogens (tertiary/aromatic N) is 3. The third-order valence-corrected chi connectivity index (χ3v) is 5.07. The Kier molecular flexibility index (Phi) is 7.68. The van der Waals surface area contributed by atoms with Crippen LogP contribution in [-0.4, -0.2) is 46.7 Å². The van der Waals surface area contributed by atoms with E-state index in [1.54, 1.807) is 26.3 Å². The second kappa shape index (κ2) is 10.4. The molecule has 0 spiro atoms. The Labute approximate surface area is 176 Å². The van der Waals surface area contributed by atoms with Crippen LogP contribution in [-0.2, 0) is 9.53 Å². The first-order valence-electron chi connectivity index (χ1n) is 10.2. The maximum Gasteiger partial charge on any atom is 0.257 e. The third kappa shape index (κ3) is 6.19. The van der Waals surface area contributed by atoms with Crippen molar-refractivity contribution in [1.29, 1.82) is 0 Å². The predicted octanol–water partition coefficient (Wildman–Crippen LogP) is 4.01. The van der Waals surface area contributed by atoms with Gasteiger partial charge in [-0.3, -0.25) is 0 Å². The van der Waals surface area contributed by atoms with Gasteiger partial charge in [0, 0.05) is 24.8 Å². The molecule has 162 valence electrons. The molecular formula is C22H28FN3O4. The molecule has 0 amide bonds. The Morgan fingerprint density at radius 2 is 1.80 bits per heavy atom. The van der Waals surface area contributed by atoms with Gasteiger partial charge in [-0.25, -0.2) is 19.3 Å². The zero-order valence-electron chi connectivity index (χ0n) is 17.6. The van der Waals surface area contributed by atoms with Crippen molar-refractivity contribution in [3.05, 3.63) is 30.5 Å². The van der Waals surface area contributed by atoms with E-state index < -0.39 is 5.82 Å². The molecule has 1 atom stereocenters. The van der Waals surface area contributed by atoms with Crippen molar-refractivity contribution in [2.75, 3.05) is 13.7 Å². The van der Waals surface area contributed by atoms with Crippen LogP contribution in [0.2, 0.25) is 0 Å². The predicted molar refractivity (Wildman–Crippen MR) is 109 cm³/mol. The van der Waals surface area contributed by atoms with Crippen LogP contribution in [0.4, 0.5) is 4.39 Å². The second-order valence-electron chi connectivity index (χ2n) is 7.82. The first-order chi connectivity index (χ1) is 14.4. The molecule has 0 saturated heterocycles. The summed E-state index contributed by atoms with van der Waals surface area (Å²) in [6.45, 7) is 4.26. The fourth-order valence-electron chi connectivity index (χ4n) is 3.58. The Morgan fingerprint density at radius 1 is 1.13 bits per heavy atom. The van der Waals surface area contributed by atoms with Gasteiger partial charge in [0.25, 0.3) is 5.88 Å². The molecule has 0 aromatic carbocycles. The molecule has 8 heteroatoms. The maximum absolute atomic E-state index is 13.0. The number of rotatable bonds is 9. The number of ether oxygens (including phenoxy) is 3. The Hall–Kier alpha value is -2.61. The molecule has 0 radical (unpaired) electrons. The van der Waals surface area contributed by atoms with Crippen molar-refractivity contribution in [3.8, 4) is 23.0 Å². The molecule has 0 N–H and O–H groups in total. The van der Waals surface area contributed by atoms with Crippen LogP contribution in [0.15, 0.2) is 24.7 Å². The number of carbonyl (C=O) groups is 1. The van der Waals surface area contributed by atoms with E-state index in [0.717, 1.165) is 38.1 Å². The van der Waals surface area contributed by atoms with Crippen molar-refractivity contribution in [2.45, 2.75) is 58.2 Å². The van der Waals surface area contributed by atoms with Crippen LogP contribution in [0.1, 0.15) is 46.0 Å². The second-order valence-corrected chi connectivity index (χ2v) is 7.82. The summed E-state index contributed by atoms with van der Waals surface area (Å²) in [5, 5.41) is 0. The van der Waals surface area contributed by atoms with Gasteiger partial charge < -0.3 is 19.0 Å². The van der Waals surface area contributed by atoms with E-state index in [1.807, 2.05) is 6.92 Å². The number of pyridine rings is 1. The van der Waals surface area contributed by atoms with Crippen molar-refractivity contribution in [3.63, 3.8) is 0 Å². The molecule has 1 aliphatic carbocycles. The number of ketones is 1. The average molecular weight is 417 g/mol. The summed E-state index contributed by atoms with van der Waals surface area (Å²) in [6, 6.07) is 1.74. The van der Waals surface area contributed by atoms with Gasteiger partial charge in [-0.05, 0) is 44.6 Å². The zero-order valence-corrected chi connectivity index (χ0v) is 17.6. The van der Waals surface area contributed by atoms with E-state index in [0.29, 0.717) is 36.0 Å². The van der Waals surface area contributed by atoms with Gasteiger partial charge >= 0.3 is 0 Å². The van der Waals surface area contributed by atoms with Gasteiger partial charge in [0.05, 0.1) is 25.6 Å². The first-order valence-corrected chi connectivity index (χ1v) is 10.2. The molecule has 1 saturated carbocycles. The molecule has 30 heavy (non-hydrogen) atoms. The molecule has 0 unspecified atom stereocenters. The van der Waals surface area contributed by atoms with E-state index in [-0.39, 0.29) is 23.9 Å². The number of methoxy groups -OCH3 is 1. The van der Waals surface area contributed by atoms with Crippen molar-refractivity contribution in [2.24, 2.45) is 5.92 Å². The van der Waals surface area contributed by atoms with Gasteiger partial charge in [-0.1, -0.05) is 6.92 Å². The number of Topliss-reactive ketones (excluding diaryl/α,β-unsaturated/α-hetero) is 1. The molecule has 2 aromatic rings. The van der Waals surface area contributed by atoms with Crippen molar-refractivity contribution >= 4 is 5.78 Å². The largest absolute Gasteiger partial charge is 0.491 e. The summed E-state index contributed by atoms with van der Waals surface area (Å²) in [5.74, 6) is 1.21. The summed E-state index contributed by atoms with van der Waals surface area (Å²) in [4.78, 5) is 23.5. The molecule has 3 rings (SSSR count). The minimum atomic E-state index is -0.494. The molecule has 0 aliphatic heterocycles. The summed E-state index contributed by atoms with van der Waals surface area (Å²) in [6.07, 6.45) is 8.14. The van der Waals surface area contributed by atoms with Gasteiger partial charge in [0.1, 0.15) is 11.9 Å². The molecular weight excluding hydrogens is 389 g/mol. The van der Waals surface area contributed by atoms with Crippen molar-refractivity contribution < 1.29 is 23.4 Å². The Bertz CT molecular complexity index is 839. The molecule has 2 aromatic heterocycles. The van der Waals surface area contributed by atoms with E-state index >= 15 is 0 Å². The number of aromatic nitrogens is 3. The molecule has 2 heterocycles. The van der Waals surface area contributed by atoms with E-state index in [9.17, 15) is 9.18 Å². The van der Waals surface area contributed by atoms with Gasteiger partial charge in [0.2, 0.25) is 0 Å². The van der Waals surface area contributed by atoms with Crippen LogP contribution in [0.25, 0.3) is 11.4 Å². The Balaban J connectivity index is 1.53. The normalized spacial score (nSPS) is 19.9. The molecule has 1 fully saturated rings. The van der Waals surface area contributed by atoms with Crippen LogP contribution >= 0.6 is 0 Å². The fourth-order valence-corrected chi connectivity index (χ4v) is 3.58. The van der Waals surface area contributed by atoms with E-state index in [1.165, 1.54) is 0 Å². The highest BCUT2D eigenvalue weighted by molar-refractivity contribution is 5.75. The number of hydrogen-bond acceptors (Lipinski definition) is 7. The lowest BCUT2D eigenvalue weighted by Gasteiger charge is -2.29. The SMILES string of the molecule is COc1cc(-c2ncc(F)cn2)cnc1OC1CCC(OC[C@H](C)CC(C)=O)CC1. The standard InChI is InChI=1S/C22H28FN3O4/c1-14(8-15(2)27)13-29-18-4-6-19(7-5-18)30-22-20(28-3)9-16(10-26-22)21-24-11-17(23)12-25-21/h9-12,14,18-19H,4-8,13H2,1-3H3/t14-,18?,19?/m1/s1. The van der Waals surface area contributed by atoms with Crippen LogP contribution in [0.3, 0.4) is 0 Å². The Morgan fingerprint density at radius 3 is 2.43 bits per heavy atom. The molecule has 0 bridgehead atoms. The fraction of sp³-hybridized carbons (Fsp3) is 0.545. The van der Waals surface area contributed by atoms with Gasteiger partial charge in [0.15, 0.2) is 17.4 Å². The number of carbonyl (C=O) groups excluding carboxylic acids is 1. The van der Waals surface area contributed by atoms with Crippen LogP contribution in [0, 0.1) is 11.7 Å². The number of halogens is 1. The minimum absolute atomic E-state index is 0.0359. The van der Waals surface area contributed by atoms with Gasteiger partial charge in [-0.2, -0.15) is 0 Å². The van der Waals surface area contributed by atoms with Crippen LogP contribution in [0.5, 0.6) is 11.6 Å². The summed E-state index contributed by atoms with van der Waals surface area (Å²) < 4.78 is 30.5. The third-order valence-electron chi connectivity index (χ3n) is 5.07. The smallest absolute Gasteiger partial charge is 0.257 e. The quantitative estimate of drug-likeness (QED) is 0.609. The molecule has 1 aliphatic rings. The van der Waals surface area contributed by atoms with E-state index in [4.69, 9.17) is 14.2 Å². The van der Waals surface area contributed by atoms with Gasteiger partial charge in [-0.15, -0.1) is 0 Å². The lowest BCUT2D eigenvalue weighted by atomic mass is 9.94. The lowest BCUT2D eigenvalue weighted by molar-refractivity contribution is -0.118. The minimum Gasteiger partial charge on any atom is -0.491 e.